The Labute approximate surface area is 176 Å². The lowest BCUT2D eigenvalue weighted by atomic mass is 9.85. The molecule has 0 aromatic heterocycles. The third-order valence-corrected chi connectivity index (χ3v) is 6.98. The number of rotatable bonds is 13. The van der Waals surface area contributed by atoms with Crippen molar-refractivity contribution >= 4 is 17.7 Å². The molecule has 1 aromatic carbocycles. The largest absolute Gasteiger partial charge is 0.550 e. The average Bonchev–Trinajstić information content (AvgIpc) is 2.94. The molecule has 5 atom stereocenters. The molecule has 0 amide bonds. The van der Waals surface area contributed by atoms with Crippen LogP contribution in [0.2, 0.25) is 0 Å². The molecular formula is C22H32FO5S-. The molecule has 29 heavy (non-hydrogen) atoms. The highest BCUT2D eigenvalue weighted by Gasteiger charge is 2.40. The highest BCUT2D eigenvalue weighted by Crippen LogP contribution is 2.39. The fourth-order valence-corrected chi connectivity index (χ4v) is 5.12. The molecule has 0 unspecified atom stereocenters. The minimum Gasteiger partial charge on any atom is -0.550 e. The molecule has 1 aliphatic rings. The molecule has 1 aliphatic carbocycles. The summed E-state index contributed by atoms with van der Waals surface area (Å²) >= 11 is 1.28. The molecule has 1 fully saturated rings. The number of aliphatic hydroxyl groups excluding tert-OH is 3. The third-order valence-electron chi connectivity index (χ3n) is 5.79. The summed E-state index contributed by atoms with van der Waals surface area (Å²) in [5.74, 6) is -0.987. The molecule has 3 N–H and O–H groups in total. The summed E-state index contributed by atoms with van der Waals surface area (Å²) in [4.78, 5) is 10.9. The van der Waals surface area contributed by atoms with Gasteiger partial charge in [-0.05, 0) is 62.5 Å². The second kappa shape index (κ2) is 12.5. The first-order chi connectivity index (χ1) is 13.9. The monoisotopic (exact) mass is 427 g/mol. The normalized spacial score (nSPS) is 25.2. The molecule has 0 radical (unpaired) electrons. The van der Waals surface area contributed by atoms with Crippen molar-refractivity contribution in [3.63, 3.8) is 0 Å². The van der Waals surface area contributed by atoms with Crippen molar-refractivity contribution in [2.24, 2.45) is 11.8 Å². The number of aliphatic carboxylic acids is 1. The molecule has 1 aromatic rings. The van der Waals surface area contributed by atoms with Crippen LogP contribution in [0.15, 0.2) is 29.2 Å². The summed E-state index contributed by atoms with van der Waals surface area (Å²) in [6, 6.07) is 6.48. The van der Waals surface area contributed by atoms with Crippen molar-refractivity contribution in [3.05, 3.63) is 30.1 Å². The van der Waals surface area contributed by atoms with E-state index in [2.05, 4.69) is 0 Å². The molecule has 7 heteroatoms. The summed E-state index contributed by atoms with van der Waals surface area (Å²) in [6.45, 7) is 0. The van der Waals surface area contributed by atoms with Gasteiger partial charge in [-0.2, -0.15) is 0 Å². The first kappa shape index (κ1) is 24.1. The predicted octanol–water partition coefficient (Wildman–Crippen LogP) is 2.51. The summed E-state index contributed by atoms with van der Waals surface area (Å²) in [5, 5.41) is 41.3. The molecule has 2 rings (SSSR count). The van der Waals surface area contributed by atoms with Crippen LogP contribution in [0, 0.1) is 17.7 Å². The minimum absolute atomic E-state index is 0.00226. The number of carboxylic acid groups (broad SMARTS) is 1. The summed E-state index contributed by atoms with van der Waals surface area (Å²) in [6.07, 6.45) is 3.82. The number of hydrogen-bond donors (Lipinski definition) is 3. The zero-order chi connectivity index (χ0) is 21.2. The first-order valence-corrected chi connectivity index (χ1v) is 11.5. The van der Waals surface area contributed by atoms with Crippen LogP contribution in [0.5, 0.6) is 0 Å². The van der Waals surface area contributed by atoms with Gasteiger partial charge in [-0.3, -0.25) is 0 Å². The second-order valence-corrected chi connectivity index (χ2v) is 9.06. The van der Waals surface area contributed by atoms with Crippen LogP contribution in [0.1, 0.15) is 57.8 Å². The van der Waals surface area contributed by atoms with E-state index in [-0.39, 0.29) is 24.1 Å². The van der Waals surface area contributed by atoms with Crippen LogP contribution in [-0.4, -0.2) is 45.4 Å². The average molecular weight is 428 g/mol. The number of benzene rings is 1. The van der Waals surface area contributed by atoms with E-state index in [1.165, 1.54) is 17.8 Å². The number of halogens is 1. The number of carbonyl (C=O) groups is 1. The van der Waals surface area contributed by atoms with E-state index < -0.39 is 24.3 Å². The second-order valence-electron chi connectivity index (χ2n) is 8.00. The van der Waals surface area contributed by atoms with Crippen molar-refractivity contribution in [3.8, 4) is 0 Å². The summed E-state index contributed by atoms with van der Waals surface area (Å²) in [5.41, 5.74) is 0. The van der Waals surface area contributed by atoms with E-state index in [0.717, 1.165) is 25.7 Å². The maximum atomic E-state index is 13.7. The molecule has 0 heterocycles. The number of unbranched alkanes of at least 4 members (excludes halogenated alkanes) is 3. The van der Waals surface area contributed by atoms with E-state index in [1.807, 2.05) is 0 Å². The van der Waals surface area contributed by atoms with E-state index in [4.69, 9.17) is 0 Å². The van der Waals surface area contributed by atoms with Gasteiger partial charge in [0.2, 0.25) is 0 Å². The molecular weight excluding hydrogens is 395 g/mol. The number of carbonyl (C=O) groups excluding carboxylic acids is 1. The topological polar surface area (TPSA) is 101 Å². The third kappa shape index (κ3) is 8.24. The van der Waals surface area contributed by atoms with Crippen LogP contribution in [0.25, 0.3) is 0 Å². The Morgan fingerprint density at radius 3 is 2.45 bits per heavy atom. The Hall–Kier alpha value is -1.15. The lowest BCUT2D eigenvalue weighted by molar-refractivity contribution is -0.305. The van der Waals surface area contributed by atoms with Crippen LogP contribution in [-0.2, 0) is 4.79 Å². The number of hydrogen-bond acceptors (Lipinski definition) is 6. The smallest absolute Gasteiger partial charge is 0.136 e. The van der Waals surface area contributed by atoms with Crippen LogP contribution in [0.4, 0.5) is 4.39 Å². The Morgan fingerprint density at radius 2 is 1.76 bits per heavy atom. The van der Waals surface area contributed by atoms with Gasteiger partial charge in [0.1, 0.15) is 5.82 Å². The fraction of sp³-hybridized carbons (Fsp3) is 0.682. The molecule has 0 aliphatic heterocycles. The zero-order valence-electron chi connectivity index (χ0n) is 16.7. The van der Waals surface area contributed by atoms with E-state index >= 15 is 0 Å². The maximum Gasteiger partial charge on any atom is 0.136 e. The quantitative estimate of drug-likeness (QED) is 0.330. The standard InChI is InChI=1S/C22H33FO5S/c23-18-8-5-6-9-21(18)29-14-15(24)11-12-17-16(19(25)13-20(17)26)7-3-1-2-4-10-22(27)28/h5-6,8-9,15-17,19-20,24-26H,1-4,7,10-14H2,(H,27,28)/p-1/t15-,16-,17-,19+,20-/m1/s1. The lowest BCUT2D eigenvalue weighted by Crippen LogP contribution is -2.24. The summed E-state index contributed by atoms with van der Waals surface area (Å²) in [7, 11) is 0. The van der Waals surface area contributed by atoms with Crippen molar-refractivity contribution in [2.75, 3.05) is 5.75 Å². The van der Waals surface area contributed by atoms with Crippen molar-refractivity contribution < 1.29 is 29.6 Å². The zero-order valence-corrected chi connectivity index (χ0v) is 17.5. The van der Waals surface area contributed by atoms with Gasteiger partial charge in [-0.25, -0.2) is 4.39 Å². The highest BCUT2D eigenvalue weighted by molar-refractivity contribution is 7.99. The lowest BCUT2D eigenvalue weighted by Gasteiger charge is -2.24. The van der Waals surface area contributed by atoms with Crippen molar-refractivity contribution in [1.29, 1.82) is 0 Å². The Morgan fingerprint density at radius 1 is 1.10 bits per heavy atom. The van der Waals surface area contributed by atoms with Gasteiger partial charge in [0, 0.05) is 16.6 Å². The summed E-state index contributed by atoms with van der Waals surface area (Å²) < 4.78 is 13.7. The van der Waals surface area contributed by atoms with Crippen LogP contribution < -0.4 is 5.11 Å². The predicted molar refractivity (Wildman–Crippen MR) is 109 cm³/mol. The van der Waals surface area contributed by atoms with Gasteiger partial charge in [0.05, 0.1) is 18.3 Å². The molecule has 164 valence electrons. The SMILES string of the molecule is O=C([O-])CCCCCC[C@@H]1[C@@H](CC[C@@H](O)CSc2ccccc2F)[C@H](O)C[C@@H]1O. The van der Waals surface area contributed by atoms with Crippen molar-refractivity contribution in [1.82, 2.24) is 0 Å². The highest BCUT2D eigenvalue weighted by atomic mass is 32.2. The van der Waals surface area contributed by atoms with Gasteiger partial charge >= 0.3 is 0 Å². The van der Waals surface area contributed by atoms with E-state index in [9.17, 15) is 29.6 Å². The Bertz CT molecular complexity index is 629. The van der Waals surface area contributed by atoms with Crippen molar-refractivity contribution in [2.45, 2.75) is 81.0 Å². The van der Waals surface area contributed by atoms with E-state index in [1.54, 1.807) is 18.2 Å². The molecule has 0 saturated heterocycles. The minimum atomic E-state index is -1.02. The number of aliphatic hydroxyl groups is 3. The number of carboxylic acids is 1. The van der Waals surface area contributed by atoms with Gasteiger partial charge in [0.15, 0.2) is 0 Å². The fourth-order valence-electron chi connectivity index (χ4n) is 4.20. The maximum absolute atomic E-state index is 13.7. The molecule has 1 saturated carbocycles. The Kier molecular flexibility index (Phi) is 10.4. The molecule has 5 nitrogen and oxygen atoms in total. The Balaban J connectivity index is 1.72. The van der Waals surface area contributed by atoms with Gasteiger partial charge in [-0.15, -0.1) is 11.8 Å². The van der Waals surface area contributed by atoms with Gasteiger partial charge < -0.3 is 25.2 Å². The van der Waals surface area contributed by atoms with Gasteiger partial charge in [-0.1, -0.05) is 31.4 Å². The van der Waals surface area contributed by atoms with E-state index in [0.29, 0.717) is 36.3 Å². The van der Waals surface area contributed by atoms with Crippen LogP contribution in [0.3, 0.4) is 0 Å². The molecule has 0 bridgehead atoms. The van der Waals surface area contributed by atoms with Gasteiger partial charge in [0.25, 0.3) is 0 Å². The molecule has 0 spiro atoms. The number of thioether (sulfide) groups is 1. The first-order valence-electron chi connectivity index (χ1n) is 10.5. The van der Waals surface area contributed by atoms with Crippen LogP contribution >= 0.6 is 11.8 Å².